The molecule has 0 amide bonds. The molecule has 1 atom stereocenters. The van der Waals surface area contributed by atoms with Crippen LogP contribution in [0.25, 0.3) is 0 Å². The number of carboxylic acids is 1. The van der Waals surface area contributed by atoms with Gasteiger partial charge in [-0.3, -0.25) is 9.69 Å². The van der Waals surface area contributed by atoms with Crippen molar-refractivity contribution in [1.29, 1.82) is 0 Å². The Hall–Kier alpha value is -1.35. The summed E-state index contributed by atoms with van der Waals surface area (Å²) in [5, 5.41) is 9.47. The molecule has 0 aromatic heterocycles. The van der Waals surface area contributed by atoms with Crippen LogP contribution < -0.4 is 0 Å². The van der Waals surface area contributed by atoms with Gasteiger partial charge in [-0.2, -0.15) is 0 Å². The zero-order valence-corrected chi connectivity index (χ0v) is 13.0. The smallest absolute Gasteiger partial charge is 0.309 e. The van der Waals surface area contributed by atoms with Gasteiger partial charge >= 0.3 is 5.97 Å². The van der Waals surface area contributed by atoms with Crippen LogP contribution in [0, 0.1) is 11.3 Å². The Balaban J connectivity index is 1.69. The quantitative estimate of drug-likeness (QED) is 0.929. The molecule has 0 radical (unpaired) electrons. The summed E-state index contributed by atoms with van der Waals surface area (Å²) in [7, 11) is 0. The number of benzene rings is 1. The number of nitrogens with zero attached hydrogens (tertiary/aromatic N) is 1. The molecule has 1 heterocycles. The van der Waals surface area contributed by atoms with Gasteiger partial charge in [0.15, 0.2) is 0 Å². The molecule has 1 aromatic carbocycles. The standard InChI is InChI=1S/C18H25NO2/c1-18(2,17(20)21)15-8-5-9-19(12-15)16-10-13-6-3-4-7-14(13)11-16/h3-4,6-7,15-16H,5,8-12H2,1-2H3,(H,20,21). The van der Waals surface area contributed by atoms with Crippen molar-refractivity contribution < 1.29 is 9.90 Å². The minimum Gasteiger partial charge on any atom is -0.481 e. The van der Waals surface area contributed by atoms with Crippen LogP contribution in [0.3, 0.4) is 0 Å². The molecule has 1 saturated heterocycles. The number of carboxylic acid groups (broad SMARTS) is 1. The van der Waals surface area contributed by atoms with Crippen molar-refractivity contribution >= 4 is 5.97 Å². The van der Waals surface area contributed by atoms with E-state index >= 15 is 0 Å². The molecule has 0 spiro atoms. The van der Waals surface area contributed by atoms with E-state index in [9.17, 15) is 9.90 Å². The van der Waals surface area contributed by atoms with Crippen LogP contribution in [0.4, 0.5) is 0 Å². The number of carbonyl (C=O) groups is 1. The first-order valence-electron chi connectivity index (χ1n) is 8.02. The predicted octanol–water partition coefficient (Wildman–Crippen LogP) is 2.98. The Labute approximate surface area is 127 Å². The lowest BCUT2D eigenvalue weighted by atomic mass is 9.74. The molecule has 21 heavy (non-hydrogen) atoms. The van der Waals surface area contributed by atoms with Crippen LogP contribution in [0.1, 0.15) is 37.8 Å². The van der Waals surface area contributed by atoms with Crippen molar-refractivity contribution in [2.45, 2.75) is 45.6 Å². The third-order valence-electron chi connectivity index (χ3n) is 5.57. The Morgan fingerprint density at radius 1 is 1.24 bits per heavy atom. The maximum atomic E-state index is 11.5. The molecule has 1 aliphatic heterocycles. The van der Waals surface area contributed by atoms with Crippen LogP contribution in [0.2, 0.25) is 0 Å². The molecule has 0 bridgehead atoms. The number of fused-ring (bicyclic) bond motifs is 1. The van der Waals surface area contributed by atoms with Crippen molar-refractivity contribution in [2.75, 3.05) is 13.1 Å². The Morgan fingerprint density at radius 2 is 1.86 bits per heavy atom. The maximum absolute atomic E-state index is 11.5. The van der Waals surface area contributed by atoms with E-state index in [1.165, 1.54) is 11.1 Å². The molecule has 1 fully saturated rings. The van der Waals surface area contributed by atoms with Crippen LogP contribution in [-0.2, 0) is 17.6 Å². The van der Waals surface area contributed by atoms with Crippen molar-refractivity contribution in [3.8, 4) is 0 Å². The van der Waals surface area contributed by atoms with E-state index in [0.29, 0.717) is 6.04 Å². The third-order valence-corrected chi connectivity index (χ3v) is 5.57. The van der Waals surface area contributed by atoms with E-state index in [-0.39, 0.29) is 5.92 Å². The molecule has 3 nitrogen and oxygen atoms in total. The van der Waals surface area contributed by atoms with Gasteiger partial charge in [0.25, 0.3) is 0 Å². The van der Waals surface area contributed by atoms with E-state index in [2.05, 4.69) is 29.2 Å². The molecule has 2 aliphatic rings. The SMILES string of the molecule is CC(C)(C(=O)O)C1CCCN(C2Cc3ccccc3C2)C1. The van der Waals surface area contributed by atoms with Gasteiger partial charge in [-0.1, -0.05) is 24.3 Å². The average Bonchev–Trinajstić information content (AvgIpc) is 2.91. The summed E-state index contributed by atoms with van der Waals surface area (Å²) in [4.78, 5) is 14.0. The second-order valence-electron chi connectivity index (χ2n) is 7.19. The fraction of sp³-hybridized carbons (Fsp3) is 0.611. The topological polar surface area (TPSA) is 40.5 Å². The Kier molecular flexibility index (Phi) is 3.78. The van der Waals surface area contributed by atoms with Gasteiger partial charge < -0.3 is 5.11 Å². The highest BCUT2D eigenvalue weighted by atomic mass is 16.4. The summed E-state index contributed by atoms with van der Waals surface area (Å²) < 4.78 is 0. The minimum absolute atomic E-state index is 0.257. The molecule has 3 rings (SSSR count). The van der Waals surface area contributed by atoms with Crippen LogP contribution in [0.5, 0.6) is 0 Å². The number of hydrogen-bond acceptors (Lipinski definition) is 2. The molecule has 1 unspecified atom stereocenters. The highest BCUT2D eigenvalue weighted by Gasteiger charge is 2.40. The van der Waals surface area contributed by atoms with E-state index in [0.717, 1.165) is 38.8 Å². The van der Waals surface area contributed by atoms with Gasteiger partial charge in [0, 0.05) is 12.6 Å². The summed E-state index contributed by atoms with van der Waals surface area (Å²) in [5.41, 5.74) is 2.33. The van der Waals surface area contributed by atoms with Crippen LogP contribution >= 0.6 is 0 Å². The highest BCUT2D eigenvalue weighted by molar-refractivity contribution is 5.74. The number of hydrogen-bond donors (Lipinski definition) is 1. The van der Waals surface area contributed by atoms with Gasteiger partial charge in [0.2, 0.25) is 0 Å². The highest BCUT2D eigenvalue weighted by Crippen LogP contribution is 2.36. The number of aliphatic carboxylic acids is 1. The fourth-order valence-electron chi connectivity index (χ4n) is 3.90. The summed E-state index contributed by atoms with van der Waals surface area (Å²) in [6.45, 7) is 5.81. The normalized spacial score (nSPS) is 24.0. The van der Waals surface area contributed by atoms with Crippen LogP contribution in [0.15, 0.2) is 24.3 Å². The predicted molar refractivity (Wildman–Crippen MR) is 83.4 cm³/mol. The van der Waals surface area contributed by atoms with Gasteiger partial charge in [-0.15, -0.1) is 0 Å². The lowest BCUT2D eigenvalue weighted by molar-refractivity contribution is -0.151. The molecular weight excluding hydrogens is 262 g/mol. The number of likely N-dealkylation sites (tertiary alicyclic amines) is 1. The first-order valence-corrected chi connectivity index (χ1v) is 8.02. The second-order valence-corrected chi connectivity index (χ2v) is 7.19. The fourth-order valence-corrected chi connectivity index (χ4v) is 3.90. The maximum Gasteiger partial charge on any atom is 0.309 e. The van der Waals surface area contributed by atoms with Gasteiger partial charge in [-0.25, -0.2) is 0 Å². The average molecular weight is 287 g/mol. The number of rotatable bonds is 3. The summed E-state index contributed by atoms with van der Waals surface area (Å²) in [6.07, 6.45) is 4.40. The summed E-state index contributed by atoms with van der Waals surface area (Å²) in [6, 6.07) is 9.27. The first kappa shape index (κ1) is 14.6. The van der Waals surface area contributed by atoms with E-state index < -0.39 is 11.4 Å². The molecule has 3 heteroatoms. The van der Waals surface area contributed by atoms with Crippen molar-refractivity contribution in [2.24, 2.45) is 11.3 Å². The largest absolute Gasteiger partial charge is 0.481 e. The van der Waals surface area contributed by atoms with Crippen molar-refractivity contribution in [3.63, 3.8) is 0 Å². The van der Waals surface area contributed by atoms with E-state index in [1.54, 1.807) is 0 Å². The Bertz CT molecular complexity index is 513. The van der Waals surface area contributed by atoms with E-state index in [1.807, 2.05) is 13.8 Å². The van der Waals surface area contributed by atoms with Gasteiger partial charge in [0.1, 0.15) is 0 Å². The minimum atomic E-state index is -0.663. The molecule has 1 aliphatic carbocycles. The zero-order chi connectivity index (χ0) is 15.0. The van der Waals surface area contributed by atoms with Crippen molar-refractivity contribution in [1.82, 2.24) is 4.90 Å². The Morgan fingerprint density at radius 3 is 2.43 bits per heavy atom. The van der Waals surface area contributed by atoms with Gasteiger partial charge in [0.05, 0.1) is 5.41 Å². The lowest BCUT2D eigenvalue weighted by Gasteiger charge is -2.41. The van der Waals surface area contributed by atoms with Crippen molar-refractivity contribution in [3.05, 3.63) is 35.4 Å². The second kappa shape index (κ2) is 5.45. The molecule has 1 aromatic rings. The number of piperidine rings is 1. The van der Waals surface area contributed by atoms with Gasteiger partial charge in [-0.05, 0) is 63.1 Å². The zero-order valence-electron chi connectivity index (χ0n) is 13.0. The summed E-state index contributed by atoms with van der Waals surface area (Å²) in [5.74, 6) is -0.406. The lowest BCUT2D eigenvalue weighted by Crippen LogP contribution is -2.48. The molecular formula is C18H25NO2. The third kappa shape index (κ3) is 2.71. The molecule has 0 saturated carbocycles. The van der Waals surface area contributed by atoms with E-state index in [4.69, 9.17) is 0 Å². The molecule has 1 N–H and O–H groups in total. The van der Waals surface area contributed by atoms with Crippen LogP contribution in [-0.4, -0.2) is 35.1 Å². The monoisotopic (exact) mass is 287 g/mol. The molecule has 114 valence electrons. The summed E-state index contributed by atoms with van der Waals surface area (Å²) >= 11 is 0. The first-order chi connectivity index (χ1) is 9.98.